The average Bonchev–Trinajstić information content (AvgIpc) is 0.688. The number of rotatable bonds is 31. The zero-order valence-corrected chi connectivity index (χ0v) is 80.3. The molecular weight excluding hydrogens is 1860 g/mol. The van der Waals surface area contributed by atoms with Crippen LogP contribution in [0.25, 0.3) is 0 Å². The Hall–Kier alpha value is -4.49. The van der Waals surface area contributed by atoms with Crippen LogP contribution in [0.2, 0.25) is 0 Å². The van der Waals surface area contributed by atoms with Crippen molar-refractivity contribution in [3.8, 4) is 0 Å². The van der Waals surface area contributed by atoms with Crippen LogP contribution in [0.3, 0.4) is 0 Å². The molecule has 10 heterocycles. The molecule has 46 unspecified atom stereocenters. The van der Waals surface area contributed by atoms with Crippen molar-refractivity contribution in [3.05, 3.63) is 23.8 Å². The summed E-state index contributed by atoms with van der Waals surface area (Å²) in [5.41, 5.74) is 0.428. The van der Waals surface area contributed by atoms with Crippen molar-refractivity contribution in [2.45, 2.75) is 411 Å². The fourth-order valence-corrected chi connectivity index (χ4v) is 25.2. The fourth-order valence-electron chi connectivity index (χ4n) is 25.2. The molecule has 22 N–H and O–H groups in total. The molecule has 0 spiro atoms. The molecule has 0 aromatic heterocycles. The van der Waals surface area contributed by atoms with Crippen LogP contribution < -0.4 is 5.43 Å². The van der Waals surface area contributed by atoms with Gasteiger partial charge in [0, 0.05) is 54.6 Å². The summed E-state index contributed by atoms with van der Waals surface area (Å²) in [6.45, 7) is 17.9. The van der Waals surface area contributed by atoms with E-state index in [1.165, 1.54) is 37.8 Å². The predicted octanol–water partition coefficient (Wildman–Crippen LogP) is -6.36. The van der Waals surface area contributed by atoms with Gasteiger partial charge in [0.15, 0.2) is 56.4 Å². The van der Waals surface area contributed by atoms with Crippen LogP contribution >= 0.6 is 0 Å². The van der Waals surface area contributed by atoms with Gasteiger partial charge >= 0.3 is 5.97 Å². The number of ether oxygens (including phenoxy) is 19. The number of hydrogen-bond acceptors (Lipinski definition) is 46. The van der Waals surface area contributed by atoms with Crippen LogP contribution in [0.4, 0.5) is 0 Å². The number of nitrogens with zero attached hydrogens (tertiary/aromatic N) is 2. The van der Waals surface area contributed by atoms with E-state index in [9.17, 15) is 122 Å². The lowest BCUT2D eigenvalue weighted by Gasteiger charge is -2.71. The van der Waals surface area contributed by atoms with Gasteiger partial charge in [0.2, 0.25) is 12.6 Å². The lowest BCUT2D eigenvalue weighted by atomic mass is 9.34. The van der Waals surface area contributed by atoms with Gasteiger partial charge in [-0.2, -0.15) is 5.10 Å². The second kappa shape index (κ2) is 44.4. The highest BCUT2D eigenvalue weighted by atomic mass is 16.8. The number of aliphatic hydroxyl groups excluding tert-OH is 21. The molecule has 5 aliphatic carbocycles. The van der Waals surface area contributed by atoms with Crippen LogP contribution in [-0.4, -0.2) is 447 Å². The topological polar surface area (TPSA) is 696 Å². The number of aliphatic hydroxyl groups is 21. The van der Waals surface area contributed by atoms with E-state index in [4.69, 9.17) is 95.1 Å². The Morgan fingerprint density at radius 2 is 0.964 bits per heavy atom. The van der Waals surface area contributed by atoms with Crippen molar-refractivity contribution < 1.29 is 216 Å². The number of hydrogen-bond donors (Lipinski definition) is 22. The fraction of sp³-hybridized carbons (Fsp3) is 0.903. The number of unbranched alkanes of at least 4 members (excludes halogenated alkanes) is 3. The SMILES string of the molecule is CC1OC(OC2C(C)OC(OC(=O)[C@@H]3CC(C)(C)CC4C5=CCC6[C@@]7(C)CC[C@H](OC8OC(OC=O)C(O)C(OC9OCC(O)C(O)C9O)C8OC8OC(CO)C(O)C(O)C8O)[C@@](C)(/C=N/NCCCCCCN8C(=O)C=CC8=O)C7CC[C@@]6(C)[C@]5(C)C[C@@H](O)C43)C(OC3OC(C)C(OC4OCC(O)C(OC5OC(CO)C(O)C(O)C5O)C4O)C(O)C3C)C2O)C(O)C(OC2OCC(O)C(O)C2O)C1C. The van der Waals surface area contributed by atoms with Crippen molar-refractivity contribution in [2.24, 2.45) is 73.6 Å². The molecule has 140 heavy (non-hydrogen) atoms. The smallest absolute Gasteiger partial charge is 0.311 e. The maximum absolute atomic E-state index is 16.1. The highest BCUT2D eigenvalue weighted by Gasteiger charge is 2.71. The van der Waals surface area contributed by atoms with Crippen LogP contribution in [-0.2, 0) is 109 Å². The molecule has 0 aromatic rings. The van der Waals surface area contributed by atoms with Gasteiger partial charge in [-0.05, 0) is 124 Å². The van der Waals surface area contributed by atoms with E-state index in [2.05, 4.69) is 32.3 Å². The maximum Gasteiger partial charge on any atom is 0.311 e. The quantitative estimate of drug-likeness (QED) is 0.00449. The van der Waals surface area contributed by atoms with E-state index in [0.717, 1.165) is 5.57 Å². The first kappa shape index (κ1) is 110. The molecule has 4 saturated carbocycles. The molecular formula is C93H147N3O44. The Balaban J connectivity index is 0.700. The maximum atomic E-state index is 16.1. The lowest BCUT2D eigenvalue weighted by molar-refractivity contribution is -0.410. The first-order valence-electron chi connectivity index (χ1n) is 49.1. The van der Waals surface area contributed by atoms with E-state index in [-0.39, 0.29) is 55.9 Å². The predicted molar refractivity (Wildman–Crippen MR) is 467 cm³/mol. The summed E-state index contributed by atoms with van der Waals surface area (Å²) in [6.07, 6.45) is -58.1. The third-order valence-electron chi connectivity index (χ3n) is 33.5. The molecule has 47 nitrogen and oxygen atoms in total. The van der Waals surface area contributed by atoms with Gasteiger partial charge in [-0.25, -0.2) is 0 Å². The van der Waals surface area contributed by atoms with Crippen molar-refractivity contribution in [3.63, 3.8) is 0 Å². The molecule has 13 fully saturated rings. The minimum absolute atomic E-state index is 0.0108. The van der Waals surface area contributed by atoms with Crippen LogP contribution in [0.1, 0.15) is 153 Å². The Bertz CT molecular complexity index is 4220. The van der Waals surface area contributed by atoms with Crippen LogP contribution in [0, 0.1) is 68.5 Å². The Morgan fingerprint density at radius 1 is 0.457 bits per heavy atom. The summed E-state index contributed by atoms with van der Waals surface area (Å²) in [6, 6.07) is 0. The number of imide groups is 1. The van der Waals surface area contributed by atoms with Crippen molar-refractivity contribution >= 4 is 30.5 Å². The van der Waals surface area contributed by atoms with Crippen molar-refractivity contribution in [2.75, 3.05) is 46.1 Å². The van der Waals surface area contributed by atoms with Gasteiger partial charge in [0.1, 0.15) is 146 Å². The summed E-state index contributed by atoms with van der Waals surface area (Å²) in [5, 5.41) is 241. The van der Waals surface area contributed by atoms with Gasteiger partial charge in [0.25, 0.3) is 18.3 Å². The third-order valence-corrected chi connectivity index (χ3v) is 33.5. The van der Waals surface area contributed by atoms with Crippen LogP contribution in [0.5, 0.6) is 0 Å². The standard InChI is InChI=1S/C93H147N3O44/c1-36-38(3)126-86(68(118)71(36)132-80-63(113)57(107)45(101)31-122-80)134-73-40(5)128-87(76(67(73)117)137-79-37(2)56(106)72(39(4)127-79)133-82-69(119)74(47(103)33-124-82)135-84-65(115)61(111)59(109)48(29-97)129-84)139-78(121)42-27-89(6,7)26-41-43-16-17-51-90(8)22-21-52(91(9,50(90)20-23-92(51,10)93(43,11)28-44(100)55(41)42)34-95-94-24-14-12-13-15-25-96-53(104)18-19-54(96)105)131-88-77(138-85-66(116)62(112)60(110)49(30-98)130-85)75(70(120)83(140-88)125-35-99)136-81-64(114)58(108)46(102)32-123-81/h16,18-19,34-42,44-52,55-77,79-88,94,97-98,100-103,106-120H,12-15,17,20-33H2,1-11H3/b95-34+/t36?,37?,38?,39?,40?,41?,42-,44-,45?,46?,47?,48?,49?,50?,51?,52+,55?,56?,57?,58?,59?,60?,61?,62?,63?,64?,65?,66?,67?,68?,69?,70?,71?,72?,73?,74?,75?,76?,77?,79?,80?,81?,82?,83?,84?,85?,86?,87?,88?,90+,91+,92-,93-/m1/s1. The average molecular weight is 2010 g/mol. The Morgan fingerprint density at radius 3 is 1.57 bits per heavy atom. The molecule has 15 aliphatic rings. The normalized spacial score (nSPS) is 51.5. The summed E-state index contributed by atoms with van der Waals surface area (Å²) in [7, 11) is 0. The van der Waals surface area contributed by atoms with E-state index in [0.29, 0.717) is 64.3 Å². The first-order valence-corrected chi connectivity index (χ1v) is 49.1. The Labute approximate surface area is 809 Å². The Kier molecular flexibility index (Phi) is 34.7. The number of esters is 1. The second-order valence-electron chi connectivity index (χ2n) is 42.9. The molecule has 10 aliphatic heterocycles. The van der Waals surface area contributed by atoms with E-state index < -0.39 is 354 Å². The summed E-state index contributed by atoms with van der Waals surface area (Å²) in [5.74, 6) is -6.25. The minimum atomic E-state index is -2.07. The summed E-state index contributed by atoms with van der Waals surface area (Å²) in [4.78, 5) is 54.2. The van der Waals surface area contributed by atoms with Gasteiger partial charge in [-0.15, -0.1) is 0 Å². The molecule has 2 amide bonds. The second-order valence-corrected chi connectivity index (χ2v) is 42.9. The molecule has 0 radical (unpaired) electrons. The minimum Gasteiger partial charge on any atom is -0.435 e. The van der Waals surface area contributed by atoms with Crippen LogP contribution in [0.15, 0.2) is 28.9 Å². The molecule has 15 rings (SSSR count). The molecule has 798 valence electrons. The van der Waals surface area contributed by atoms with E-state index in [1.54, 1.807) is 20.1 Å². The van der Waals surface area contributed by atoms with Gasteiger partial charge in [-0.1, -0.05) is 79.9 Å². The zero-order valence-electron chi connectivity index (χ0n) is 80.3. The number of amides is 2. The summed E-state index contributed by atoms with van der Waals surface area (Å²) >= 11 is 0. The largest absolute Gasteiger partial charge is 0.435 e. The van der Waals surface area contributed by atoms with E-state index >= 15 is 4.79 Å². The highest BCUT2D eigenvalue weighted by Crippen LogP contribution is 2.75. The summed E-state index contributed by atoms with van der Waals surface area (Å²) < 4.78 is 118. The first-order chi connectivity index (χ1) is 66.2. The zero-order chi connectivity index (χ0) is 101. The highest BCUT2D eigenvalue weighted by molar-refractivity contribution is 6.12. The number of carbonyl (C=O) groups excluding carboxylic acids is 4. The third kappa shape index (κ3) is 21.2. The number of carbonyl (C=O) groups is 4. The molecule has 0 bridgehead atoms. The van der Waals surface area contributed by atoms with Crippen molar-refractivity contribution in [1.82, 2.24) is 10.3 Å². The van der Waals surface area contributed by atoms with E-state index in [1.807, 2.05) is 20.8 Å². The lowest BCUT2D eigenvalue weighted by Crippen LogP contribution is -2.68. The molecule has 9 saturated heterocycles. The number of allylic oxidation sites excluding steroid dienone is 2. The number of fused-ring (bicyclic) bond motifs is 7. The number of hydrazone groups is 1. The molecule has 47 heteroatoms. The molecule has 0 aromatic carbocycles. The van der Waals surface area contributed by atoms with Gasteiger partial charge in [-0.3, -0.25) is 24.1 Å². The monoisotopic (exact) mass is 2010 g/mol. The molecule has 53 atom stereocenters. The van der Waals surface area contributed by atoms with Gasteiger partial charge in [0.05, 0.1) is 81.7 Å². The van der Waals surface area contributed by atoms with Gasteiger partial charge < -0.3 is 203 Å². The van der Waals surface area contributed by atoms with Crippen molar-refractivity contribution in [1.29, 1.82) is 0 Å². The number of nitrogens with one attached hydrogen (secondary N) is 1.